The van der Waals surface area contributed by atoms with Gasteiger partial charge in [0.2, 0.25) is 0 Å². The molecule has 1 aliphatic carbocycles. The fourth-order valence-corrected chi connectivity index (χ4v) is 2.47. The summed E-state index contributed by atoms with van der Waals surface area (Å²) in [5.41, 5.74) is 2.54. The summed E-state index contributed by atoms with van der Waals surface area (Å²) in [6.45, 7) is 5.03. The highest BCUT2D eigenvalue weighted by Gasteiger charge is 2.18. The van der Waals surface area contributed by atoms with Crippen LogP contribution in [0.5, 0.6) is 0 Å². The van der Waals surface area contributed by atoms with E-state index in [0.29, 0.717) is 0 Å². The van der Waals surface area contributed by atoms with Crippen molar-refractivity contribution in [1.29, 1.82) is 5.26 Å². The Bertz CT molecular complexity index is 423. The summed E-state index contributed by atoms with van der Waals surface area (Å²) in [5.74, 6) is 0. The summed E-state index contributed by atoms with van der Waals surface area (Å²) in [6, 6.07) is 2.36. The third kappa shape index (κ3) is 2.88. The Morgan fingerprint density at radius 2 is 2.18 bits per heavy atom. The summed E-state index contributed by atoms with van der Waals surface area (Å²) in [5, 5.41) is 8.97. The summed E-state index contributed by atoms with van der Waals surface area (Å²) in [4.78, 5) is 4.49. The number of aryl methyl sites for hydroxylation is 2. The fraction of sp³-hybridized carbons (Fsp3) is 0.714. The van der Waals surface area contributed by atoms with E-state index in [1.807, 2.05) is 20.2 Å². The number of nitriles is 1. The molecule has 1 aromatic rings. The lowest BCUT2D eigenvalue weighted by Crippen LogP contribution is -2.12. The van der Waals surface area contributed by atoms with Crippen molar-refractivity contribution in [1.82, 2.24) is 9.55 Å². The molecule has 0 unspecified atom stereocenters. The first kappa shape index (κ1) is 12.2. The van der Waals surface area contributed by atoms with Gasteiger partial charge in [0.25, 0.3) is 0 Å². The van der Waals surface area contributed by atoms with Gasteiger partial charge in [-0.15, -0.1) is 0 Å². The van der Waals surface area contributed by atoms with E-state index in [9.17, 15) is 0 Å². The Kier molecular flexibility index (Phi) is 3.51. The molecule has 1 aromatic heterocycles. The Morgan fingerprint density at radius 1 is 1.41 bits per heavy atom. The van der Waals surface area contributed by atoms with E-state index in [1.165, 1.54) is 30.7 Å². The molecule has 92 valence electrons. The van der Waals surface area contributed by atoms with Crippen LogP contribution in [0.2, 0.25) is 0 Å². The van der Waals surface area contributed by atoms with Gasteiger partial charge >= 0.3 is 0 Å². The monoisotopic (exact) mass is 231 g/mol. The van der Waals surface area contributed by atoms with E-state index in [0.717, 1.165) is 25.8 Å². The molecular formula is C14H21N3. The molecule has 0 aromatic carbocycles. The van der Waals surface area contributed by atoms with Crippen molar-refractivity contribution in [2.24, 2.45) is 5.41 Å². The third-order valence-electron chi connectivity index (χ3n) is 3.61. The highest BCUT2D eigenvalue weighted by molar-refractivity contribution is 5.16. The van der Waals surface area contributed by atoms with Crippen molar-refractivity contribution >= 4 is 0 Å². The van der Waals surface area contributed by atoms with Crippen LogP contribution in [0.25, 0.3) is 0 Å². The zero-order chi connectivity index (χ0) is 12.3. The van der Waals surface area contributed by atoms with Gasteiger partial charge in [0.1, 0.15) is 0 Å². The second-order valence-electron chi connectivity index (χ2n) is 5.64. The second-order valence-corrected chi connectivity index (χ2v) is 5.64. The minimum atomic E-state index is -0.194. The van der Waals surface area contributed by atoms with E-state index >= 15 is 0 Å². The molecule has 3 heteroatoms. The first-order valence-electron chi connectivity index (χ1n) is 6.56. The van der Waals surface area contributed by atoms with Gasteiger partial charge in [-0.2, -0.15) is 5.26 Å². The number of hydrogen-bond donors (Lipinski definition) is 0. The van der Waals surface area contributed by atoms with Crippen molar-refractivity contribution in [2.75, 3.05) is 0 Å². The van der Waals surface area contributed by atoms with Gasteiger partial charge in [-0.3, -0.25) is 0 Å². The van der Waals surface area contributed by atoms with Crippen LogP contribution in [-0.2, 0) is 19.4 Å². The summed E-state index contributed by atoms with van der Waals surface area (Å²) in [7, 11) is 0. The Labute approximate surface area is 103 Å². The minimum absolute atomic E-state index is 0.194. The van der Waals surface area contributed by atoms with Crippen LogP contribution in [0.4, 0.5) is 0 Å². The Hall–Kier alpha value is -1.30. The number of hydrogen-bond acceptors (Lipinski definition) is 2. The molecule has 0 bridgehead atoms. The molecule has 0 saturated carbocycles. The van der Waals surface area contributed by atoms with Crippen LogP contribution in [0.15, 0.2) is 6.33 Å². The molecule has 0 saturated heterocycles. The number of imidazole rings is 1. The SMILES string of the molecule is CC(C)(C#N)CCCn1cnc2c1CCCC2. The van der Waals surface area contributed by atoms with E-state index in [1.54, 1.807) is 0 Å². The molecule has 2 rings (SSSR count). The van der Waals surface area contributed by atoms with Crippen molar-refractivity contribution in [2.45, 2.75) is 58.9 Å². The van der Waals surface area contributed by atoms with Crippen LogP contribution in [-0.4, -0.2) is 9.55 Å². The Balaban J connectivity index is 1.92. The maximum atomic E-state index is 8.97. The average Bonchev–Trinajstić information content (AvgIpc) is 2.73. The average molecular weight is 231 g/mol. The lowest BCUT2D eigenvalue weighted by molar-refractivity contribution is 0.412. The van der Waals surface area contributed by atoms with E-state index < -0.39 is 0 Å². The quantitative estimate of drug-likeness (QED) is 0.799. The third-order valence-corrected chi connectivity index (χ3v) is 3.61. The largest absolute Gasteiger partial charge is 0.334 e. The molecule has 1 aliphatic rings. The van der Waals surface area contributed by atoms with Crippen LogP contribution < -0.4 is 0 Å². The molecular weight excluding hydrogens is 210 g/mol. The van der Waals surface area contributed by atoms with E-state index in [2.05, 4.69) is 15.6 Å². The van der Waals surface area contributed by atoms with Crippen molar-refractivity contribution in [3.63, 3.8) is 0 Å². The lowest BCUT2D eigenvalue weighted by Gasteiger charge is -2.17. The topological polar surface area (TPSA) is 41.6 Å². The van der Waals surface area contributed by atoms with Crippen molar-refractivity contribution in [3.05, 3.63) is 17.7 Å². The summed E-state index contributed by atoms with van der Waals surface area (Å²) in [6.07, 6.45) is 8.89. The smallest absolute Gasteiger partial charge is 0.0951 e. The van der Waals surface area contributed by atoms with E-state index in [-0.39, 0.29) is 5.41 Å². The molecule has 0 fully saturated rings. The first-order chi connectivity index (χ1) is 8.12. The predicted molar refractivity (Wildman–Crippen MR) is 67.5 cm³/mol. The molecule has 0 aliphatic heterocycles. The first-order valence-corrected chi connectivity index (χ1v) is 6.56. The van der Waals surface area contributed by atoms with Gasteiger partial charge in [-0.1, -0.05) is 0 Å². The van der Waals surface area contributed by atoms with E-state index in [4.69, 9.17) is 5.26 Å². The summed E-state index contributed by atoms with van der Waals surface area (Å²) < 4.78 is 2.29. The molecule has 0 N–H and O–H groups in total. The van der Waals surface area contributed by atoms with Gasteiger partial charge in [-0.05, 0) is 52.4 Å². The number of nitrogens with zero attached hydrogens (tertiary/aromatic N) is 3. The predicted octanol–water partition coefficient (Wildman–Crippen LogP) is 3.09. The number of fused-ring (bicyclic) bond motifs is 1. The zero-order valence-electron chi connectivity index (χ0n) is 10.9. The van der Waals surface area contributed by atoms with Crippen LogP contribution in [0.1, 0.15) is 50.9 Å². The van der Waals surface area contributed by atoms with Crippen molar-refractivity contribution < 1.29 is 0 Å². The van der Waals surface area contributed by atoms with Gasteiger partial charge in [0, 0.05) is 12.2 Å². The lowest BCUT2D eigenvalue weighted by atomic mass is 9.90. The maximum Gasteiger partial charge on any atom is 0.0951 e. The molecule has 17 heavy (non-hydrogen) atoms. The normalized spacial score (nSPS) is 15.4. The fourth-order valence-electron chi connectivity index (χ4n) is 2.47. The van der Waals surface area contributed by atoms with Gasteiger partial charge in [0.05, 0.1) is 23.5 Å². The van der Waals surface area contributed by atoms with Gasteiger partial charge in [-0.25, -0.2) is 4.98 Å². The molecule has 0 spiro atoms. The highest BCUT2D eigenvalue weighted by atomic mass is 15.1. The zero-order valence-corrected chi connectivity index (χ0v) is 10.9. The van der Waals surface area contributed by atoms with Crippen LogP contribution >= 0.6 is 0 Å². The molecule has 0 atom stereocenters. The van der Waals surface area contributed by atoms with Gasteiger partial charge < -0.3 is 4.57 Å². The van der Waals surface area contributed by atoms with Crippen LogP contribution in [0.3, 0.4) is 0 Å². The van der Waals surface area contributed by atoms with Crippen molar-refractivity contribution in [3.8, 4) is 6.07 Å². The standard InChI is InChI=1S/C14H21N3/c1-14(2,10-15)8-5-9-17-11-16-12-6-3-4-7-13(12)17/h11H,3-9H2,1-2H3. The molecule has 0 amide bonds. The number of aromatic nitrogens is 2. The maximum absolute atomic E-state index is 8.97. The van der Waals surface area contributed by atoms with Gasteiger partial charge in [0.15, 0.2) is 0 Å². The van der Waals surface area contributed by atoms with Crippen LogP contribution in [0, 0.1) is 16.7 Å². The number of rotatable bonds is 4. The molecule has 1 heterocycles. The molecule has 0 radical (unpaired) electrons. The summed E-state index contributed by atoms with van der Waals surface area (Å²) >= 11 is 0. The molecule has 3 nitrogen and oxygen atoms in total. The second kappa shape index (κ2) is 4.91. The Morgan fingerprint density at radius 3 is 2.94 bits per heavy atom. The highest BCUT2D eigenvalue weighted by Crippen LogP contribution is 2.23. The minimum Gasteiger partial charge on any atom is -0.334 e.